The molecule has 0 amide bonds. The minimum Gasteiger partial charge on any atom is -0.397 e. The predicted molar refractivity (Wildman–Crippen MR) is 76.4 cm³/mol. The van der Waals surface area contributed by atoms with Crippen molar-refractivity contribution in [1.29, 1.82) is 0 Å². The smallest absolute Gasteiger partial charge is 0.394 e. The number of sulfonamides is 1. The van der Waals surface area contributed by atoms with E-state index in [0.29, 0.717) is 18.8 Å². The summed E-state index contributed by atoms with van der Waals surface area (Å²) in [6.07, 6.45) is 1.13. The Kier molecular flexibility index (Phi) is 7.45. The molecule has 20 heavy (non-hydrogen) atoms. The highest BCUT2D eigenvalue weighted by Crippen LogP contribution is 2.15. The molecule has 116 valence electrons. The Morgan fingerprint density at radius 3 is 2.05 bits per heavy atom. The standard InChI is InChI=1S/C9H15N3O2S.H2O4S/c1-15(13,14)12-7-6-11-9-5-3-2-4-8(9)10;1-5(2,3)4/h2-5,11-12H,6-7,10H2,1H3;(H2,1,2,3,4). The summed E-state index contributed by atoms with van der Waals surface area (Å²) in [7, 11) is -7.78. The van der Waals surface area contributed by atoms with Crippen LogP contribution in [0.25, 0.3) is 0 Å². The molecule has 0 radical (unpaired) electrons. The molecule has 0 aliphatic heterocycles. The molecule has 0 heterocycles. The summed E-state index contributed by atoms with van der Waals surface area (Å²) < 4.78 is 55.5. The lowest BCUT2D eigenvalue weighted by Gasteiger charge is -2.08. The minimum atomic E-state index is -4.67. The van der Waals surface area contributed by atoms with Gasteiger partial charge in [0.05, 0.1) is 17.6 Å². The van der Waals surface area contributed by atoms with Crippen molar-refractivity contribution in [2.24, 2.45) is 0 Å². The quantitative estimate of drug-likeness (QED) is 0.277. The summed E-state index contributed by atoms with van der Waals surface area (Å²) in [5.41, 5.74) is 7.15. The molecule has 0 spiro atoms. The molecule has 9 nitrogen and oxygen atoms in total. The number of nitrogen functional groups attached to an aromatic ring is 1. The van der Waals surface area contributed by atoms with Gasteiger partial charge < -0.3 is 11.1 Å². The van der Waals surface area contributed by atoms with Crippen molar-refractivity contribution in [2.45, 2.75) is 0 Å². The van der Waals surface area contributed by atoms with Gasteiger partial charge in [0.15, 0.2) is 0 Å². The van der Waals surface area contributed by atoms with Gasteiger partial charge in [0.1, 0.15) is 0 Å². The zero-order chi connectivity index (χ0) is 15.8. The first-order valence-corrected chi connectivity index (χ1v) is 8.51. The molecule has 0 aliphatic carbocycles. The van der Waals surface area contributed by atoms with Gasteiger partial charge in [-0.3, -0.25) is 9.11 Å². The van der Waals surface area contributed by atoms with Gasteiger partial charge in [-0.05, 0) is 12.1 Å². The molecule has 1 rings (SSSR count). The van der Waals surface area contributed by atoms with Crippen LogP contribution in [0.4, 0.5) is 11.4 Å². The van der Waals surface area contributed by atoms with Gasteiger partial charge in [-0.25, -0.2) is 13.1 Å². The van der Waals surface area contributed by atoms with Gasteiger partial charge >= 0.3 is 10.4 Å². The lowest BCUT2D eigenvalue weighted by molar-refractivity contribution is 0.381. The van der Waals surface area contributed by atoms with E-state index >= 15 is 0 Å². The number of nitrogens with one attached hydrogen (secondary N) is 2. The van der Waals surface area contributed by atoms with Crippen molar-refractivity contribution >= 4 is 31.8 Å². The van der Waals surface area contributed by atoms with Gasteiger partial charge in [0, 0.05) is 13.1 Å². The fourth-order valence-electron chi connectivity index (χ4n) is 1.09. The molecule has 0 aromatic heterocycles. The number of hydrogen-bond donors (Lipinski definition) is 5. The van der Waals surface area contributed by atoms with Crippen LogP contribution >= 0.6 is 0 Å². The summed E-state index contributed by atoms with van der Waals surface area (Å²) in [6, 6.07) is 7.33. The molecule has 1 aromatic carbocycles. The van der Waals surface area contributed by atoms with E-state index in [1.54, 1.807) is 6.07 Å². The molecule has 0 atom stereocenters. The monoisotopic (exact) mass is 327 g/mol. The summed E-state index contributed by atoms with van der Waals surface area (Å²) in [5, 5.41) is 3.03. The van der Waals surface area contributed by atoms with Crippen molar-refractivity contribution in [1.82, 2.24) is 4.72 Å². The molecule has 0 aliphatic rings. The zero-order valence-electron chi connectivity index (χ0n) is 10.6. The Morgan fingerprint density at radius 1 is 1.10 bits per heavy atom. The van der Waals surface area contributed by atoms with Crippen molar-refractivity contribution in [3.63, 3.8) is 0 Å². The molecule has 0 unspecified atom stereocenters. The third-order valence-corrected chi connectivity index (χ3v) is 2.49. The van der Waals surface area contributed by atoms with Crippen molar-refractivity contribution in [3.8, 4) is 0 Å². The Hall–Kier alpha value is -1.40. The van der Waals surface area contributed by atoms with Crippen molar-refractivity contribution in [2.75, 3.05) is 30.4 Å². The Morgan fingerprint density at radius 2 is 1.60 bits per heavy atom. The number of rotatable bonds is 5. The molecular formula is C9H17N3O6S2. The molecule has 0 bridgehead atoms. The summed E-state index contributed by atoms with van der Waals surface area (Å²) >= 11 is 0. The number of nitrogens with two attached hydrogens (primary N) is 1. The number of anilines is 2. The maximum atomic E-state index is 10.7. The second-order valence-corrected chi connectivity index (χ2v) is 6.36. The summed E-state index contributed by atoms with van der Waals surface area (Å²) in [6.45, 7) is 0.842. The first kappa shape index (κ1) is 18.6. The highest BCUT2D eigenvalue weighted by atomic mass is 32.3. The van der Waals surface area contributed by atoms with E-state index in [1.165, 1.54) is 0 Å². The Balaban J connectivity index is 0.000000621. The number of benzene rings is 1. The van der Waals surface area contributed by atoms with E-state index in [2.05, 4.69) is 10.0 Å². The first-order chi connectivity index (χ1) is 8.99. The third-order valence-electron chi connectivity index (χ3n) is 1.77. The van der Waals surface area contributed by atoms with E-state index in [-0.39, 0.29) is 0 Å². The number of para-hydroxylation sites is 2. The van der Waals surface area contributed by atoms with Gasteiger partial charge in [-0.15, -0.1) is 0 Å². The van der Waals surface area contributed by atoms with Crippen molar-refractivity contribution in [3.05, 3.63) is 24.3 Å². The van der Waals surface area contributed by atoms with Crippen LogP contribution in [0.2, 0.25) is 0 Å². The number of hydrogen-bond acceptors (Lipinski definition) is 6. The molecular weight excluding hydrogens is 310 g/mol. The Labute approximate surface area is 117 Å². The summed E-state index contributed by atoms with van der Waals surface area (Å²) in [5.74, 6) is 0. The summed E-state index contributed by atoms with van der Waals surface area (Å²) in [4.78, 5) is 0. The molecule has 11 heteroatoms. The van der Waals surface area contributed by atoms with Gasteiger partial charge in [-0.1, -0.05) is 12.1 Å². The maximum absolute atomic E-state index is 10.7. The normalized spacial score (nSPS) is 11.3. The average molecular weight is 327 g/mol. The molecule has 1 aromatic rings. The van der Waals surface area contributed by atoms with Gasteiger partial charge in [0.25, 0.3) is 0 Å². The third kappa shape index (κ3) is 13.0. The second-order valence-electron chi connectivity index (χ2n) is 3.63. The largest absolute Gasteiger partial charge is 0.397 e. The fraction of sp³-hybridized carbons (Fsp3) is 0.333. The lowest BCUT2D eigenvalue weighted by atomic mass is 10.3. The molecule has 0 saturated heterocycles. The van der Waals surface area contributed by atoms with Crippen LogP contribution in [-0.2, 0) is 20.4 Å². The fourth-order valence-corrected chi connectivity index (χ4v) is 1.56. The molecule has 0 saturated carbocycles. The topological polar surface area (TPSA) is 159 Å². The highest BCUT2D eigenvalue weighted by Gasteiger charge is 1.99. The van der Waals surface area contributed by atoms with Crippen LogP contribution in [0.15, 0.2) is 24.3 Å². The van der Waals surface area contributed by atoms with Gasteiger partial charge in [0.2, 0.25) is 10.0 Å². The van der Waals surface area contributed by atoms with Crippen LogP contribution in [0, 0.1) is 0 Å². The minimum absolute atomic E-state index is 0.340. The highest BCUT2D eigenvalue weighted by molar-refractivity contribution is 7.88. The SMILES string of the molecule is CS(=O)(=O)NCCNc1ccccc1N.O=S(=O)(O)O. The first-order valence-electron chi connectivity index (χ1n) is 5.22. The van der Waals surface area contributed by atoms with E-state index in [0.717, 1.165) is 11.9 Å². The van der Waals surface area contributed by atoms with Crippen LogP contribution in [0.5, 0.6) is 0 Å². The average Bonchev–Trinajstić information content (AvgIpc) is 2.23. The zero-order valence-corrected chi connectivity index (χ0v) is 12.3. The molecule has 6 N–H and O–H groups in total. The van der Waals surface area contributed by atoms with Gasteiger partial charge in [-0.2, -0.15) is 8.42 Å². The van der Waals surface area contributed by atoms with Crippen LogP contribution < -0.4 is 15.8 Å². The van der Waals surface area contributed by atoms with Crippen molar-refractivity contribution < 1.29 is 25.9 Å². The molecule has 0 fully saturated rings. The Bertz CT molecular complexity index is 606. The maximum Gasteiger partial charge on any atom is 0.394 e. The van der Waals surface area contributed by atoms with E-state index < -0.39 is 20.4 Å². The van der Waals surface area contributed by atoms with Crippen LogP contribution in [0.1, 0.15) is 0 Å². The van der Waals surface area contributed by atoms with Crippen LogP contribution in [0.3, 0.4) is 0 Å². The van der Waals surface area contributed by atoms with E-state index in [1.807, 2.05) is 18.2 Å². The predicted octanol–water partition coefficient (Wildman–Crippen LogP) is -0.423. The second kappa shape index (κ2) is 8.01. The van der Waals surface area contributed by atoms with E-state index in [9.17, 15) is 8.42 Å². The van der Waals surface area contributed by atoms with Crippen LogP contribution in [-0.4, -0.2) is 45.3 Å². The lowest BCUT2D eigenvalue weighted by Crippen LogP contribution is -2.27. The van der Waals surface area contributed by atoms with E-state index in [4.69, 9.17) is 23.3 Å².